The van der Waals surface area contributed by atoms with Crippen LogP contribution in [0.5, 0.6) is 34.5 Å². The zero-order valence-corrected chi connectivity index (χ0v) is 29.8. The molecule has 0 aliphatic heterocycles. The SMILES string of the molecule is Nc1ccc(F)c(Oc2cc(C34CC5CC(CC(C5)C3)C4)c(Oc3cc(N)ccc3F)c(C34CC5CC(CC(C5)C3)C4)c2Oc2cc(N)ccc2F)c1. The highest BCUT2D eigenvalue weighted by molar-refractivity contribution is 5.67. The molecule has 0 amide bonds. The van der Waals surface area contributed by atoms with Crippen molar-refractivity contribution in [3.05, 3.63) is 89.2 Å². The summed E-state index contributed by atoms with van der Waals surface area (Å²) >= 11 is 0. The van der Waals surface area contributed by atoms with E-state index in [0.29, 0.717) is 58.3 Å². The first-order valence-electron chi connectivity index (χ1n) is 19.4. The van der Waals surface area contributed by atoms with Crippen LogP contribution in [-0.2, 0) is 10.8 Å². The molecule has 8 aliphatic carbocycles. The van der Waals surface area contributed by atoms with E-state index in [1.807, 2.05) is 6.07 Å². The highest BCUT2D eigenvalue weighted by atomic mass is 19.1. The molecule has 4 aromatic carbocycles. The Bertz CT molecular complexity index is 2060. The monoisotopic (exact) mass is 721 g/mol. The van der Waals surface area contributed by atoms with Gasteiger partial charge in [0.25, 0.3) is 0 Å². The molecular formula is C44H46F3N3O3. The maximum Gasteiger partial charge on any atom is 0.177 e. The maximum absolute atomic E-state index is 15.9. The average molecular weight is 722 g/mol. The summed E-state index contributed by atoms with van der Waals surface area (Å²) in [6.07, 6.45) is 12.8. The molecule has 0 saturated heterocycles. The van der Waals surface area contributed by atoms with Gasteiger partial charge in [-0.1, -0.05) is 0 Å². The van der Waals surface area contributed by atoms with Gasteiger partial charge in [-0.3, -0.25) is 0 Å². The van der Waals surface area contributed by atoms with E-state index < -0.39 is 22.9 Å². The quantitative estimate of drug-likeness (QED) is 0.156. The van der Waals surface area contributed by atoms with Crippen molar-refractivity contribution >= 4 is 17.1 Å². The van der Waals surface area contributed by atoms with E-state index in [4.69, 9.17) is 31.4 Å². The van der Waals surface area contributed by atoms with Crippen LogP contribution in [0.1, 0.15) is 88.2 Å². The lowest BCUT2D eigenvalue weighted by Gasteiger charge is -2.59. The van der Waals surface area contributed by atoms with Gasteiger partial charge in [0.15, 0.2) is 46.2 Å². The molecule has 53 heavy (non-hydrogen) atoms. The first kappa shape index (κ1) is 33.1. The lowest BCUT2D eigenvalue weighted by atomic mass is 9.46. The van der Waals surface area contributed by atoms with Gasteiger partial charge in [-0.2, -0.15) is 0 Å². The number of hydrogen-bond acceptors (Lipinski definition) is 6. The summed E-state index contributed by atoms with van der Waals surface area (Å²) in [5.74, 6) is 2.47. The van der Waals surface area contributed by atoms with Crippen LogP contribution in [0.4, 0.5) is 30.2 Å². The molecule has 12 rings (SSSR count). The van der Waals surface area contributed by atoms with Crippen LogP contribution in [0.2, 0.25) is 0 Å². The van der Waals surface area contributed by atoms with Gasteiger partial charge in [-0.25, -0.2) is 13.2 Å². The Balaban J connectivity index is 1.29. The molecule has 276 valence electrons. The third-order valence-electron chi connectivity index (χ3n) is 13.9. The van der Waals surface area contributed by atoms with Crippen LogP contribution in [0.15, 0.2) is 60.7 Å². The van der Waals surface area contributed by atoms with Gasteiger partial charge >= 0.3 is 0 Å². The van der Waals surface area contributed by atoms with Crippen molar-refractivity contribution in [3.8, 4) is 34.5 Å². The molecule has 8 bridgehead atoms. The van der Waals surface area contributed by atoms with E-state index in [2.05, 4.69) is 0 Å². The molecule has 0 aromatic heterocycles. The Morgan fingerprint density at radius 2 is 0.792 bits per heavy atom. The summed E-state index contributed by atoms with van der Waals surface area (Å²) in [7, 11) is 0. The normalized spacial score (nSPS) is 31.9. The Labute approximate surface area is 308 Å². The zero-order valence-electron chi connectivity index (χ0n) is 29.8. The molecule has 8 aliphatic rings. The molecule has 0 spiro atoms. The molecule has 4 aromatic rings. The Kier molecular flexibility index (Phi) is 7.48. The first-order valence-corrected chi connectivity index (χ1v) is 19.4. The van der Waals surface area contributed by atoms with Gasteiger partial charge in [0.05, 0.1) is 0 Å². The smallest absolute Gasteiger partial charge is 0.177 e. The number of rotatable bonds is 8. The van der Waals surface area contributed by atoms with Gasteiger partial charge in [0, 0.05) is 51.8 Å². The minimum atomic E-state index is -0.605. The van der Waals surface area contributed by atoms with Gasteiger partial charge in [-0.05, 0) is 160 Å². The number of nitrogen functional groups attached to an aromatic ring is 3. The molecule has 8 fully saturated rings. The number of ether oxygens (including phenoxy) is 3. The van der Waals surface area contributed by atoms with Crippen molar-refractivity contribution in [1.82, 2.24) is 0 Å². The van der Waals surface area contributed by atoms with Crippen molar-refractivity contribution in [2.75, 3.05) is 17.2 Å². The summed E-state index contributed by atoms with van der Waals surface area (Å²) in [5.41, 5.74) is 20.7. The van der Waals surface area contributed by atoms with Gasteiger partial charge in [-0.15, -0.1) is 0 Å². The summed E-state index contributed by atoms with van der Waals surface area (Å²) in [6, 6.07) is 14.8. The standard InChI is InChI=1S/C44H46F3N3O3/c45-33-4-1-29(48)13-36(33)51-39-16-32(43-17-23-7-24(18-43)9-25(8-23)19-43)41(52-37-14-30(49)2-5-34(37)46)40(42(39)53-38-15-31(50)3-6-35(38)47)44-20-26-10-27(21-44)12-28(11-26)22-44/h1-6,13-16,23-28H,7-12,17-22,48-50H2. The predicted molar refractivity (Wildman–Crippen MR) is 199 cm³/mol. The van der Waals surface area contributed by atoms with Crippen LogP contribution in [0.25, 0.3) is 0 Å². The van der Waals surface area contributed by atoms with Crippen LogP contribution in [-0.4, -0.2) is 0 Å². The molecule has 8 saturated carbocycles. The second kappa shape index (κ2) is 12.0. The molecule has 0 heterocycles. The second-order valence-electron chi connectivity index (χ2n) is 17.7. The van der Waals surface area contributed by atoms with Gasteiger partial charge in [0.1, 0.15) is 5.75 Å². The van der Waals surface area contributed by atoms with Crippen LogP contribution in [0, 0.1) is 53.0 Å². The summed E-state index contributed by atoms with van der Waals surface area (Å²) in [5, 5.41) is 0. The Morgan fingerprint density at radius 1 is 0.434 bits per heavy atom. The van der Waals surface area contributed by atoms with Crippen molar-refractivity contribution < 1.29 is 27.4 Å². The third kappa shape index (κ3) is 5.59. The second-order valence-corrected chi connectivity index (χ2v) is 17.7. The highest BCUT2D eigenvalue weighted by Crippen LogP contribution is 2.69. The molecule has 6 N–H and O–H groups in total. The lowest BCUT2D eigenvalue weighted by molar-refractivity contribution is -0.0107. The topological polar surface area (TPSA) is 106 Å². The fraction of sp³-hybridized carbons (Fsp3) is 0.455. The van der Waals surface area contributed by atoms with Crippen molar-refractivity contribution in [3.63, 3.8) is 0 Å². The molecule has 6 nitrogen and oxygen atoms in total. The van der Waals surface area contributed by atoms with Crippen LogP contribution in [0.3, 0.4) is 0 Å². The molecular weight excluding hydrogens is 675 g/mol. The Hall–Kier alpha value is -4.53. The van der Waals surface area contributed by atoms with E-state index in [9.17, 15) is 0 Å². The molecule has 0 radical (unpaired) electrons. The molecule has 9 heteroatoms. The van der Waals surface area contributed by atoms with Crippen molar-refractivity contribution in [2.45, 2.75) is 87.9 Å². The summed E-state index contributed by atoms with van der Waals surface area (Å²) in [4.78, 5) is 0. The predicted octanol–water partition coefficient (Wildman–Crippen LogP) is 11.2. The number of benzene rings is 4. The summed E-state index contributed by atoms with van der Waals surface area (Å²) in [6.45, 7) is 0. The molecule has 0 atom stereocenters. The van der Waals surface area contributed by atoms with Crippen LogP contribution >= 0.6 is 0 Å². The third-order valence-corrected chi connectivity index (χ3v) is 13.9. The van der Waals surface area contributed by atoms with Crippen molar-refractivity contribution in [2.24, 2.45) is 35.5 Å². The number of anilines is 3. The largest absolute Gasteiger partial charge is 0.453 e. The van der Waals surface area contributed by atoms with E-state index in [1.165, 1.54) is 93.1 Å². The van der Waals surface area contributed by atoms with Crippen molar-refractivity contribution in [1.29, 1.82) is 0 Å². The fourth-order valence-corrected chi connectivity index (χ4v) is 12.8. The number of nitrogens with two attached hydrogens (primary N) is 3. The van der Waals surface area contributed by atoms with E-state index in [1.54, 1.807) is 0 Å². The fourth-order valence-electron chi connectivity index (χ4n) is 12.8. The van der Waals surface area contributed by atoms with E-state index in [0.717, 1.165) is 49.7 Å². The van der Waals surface area contributed by atoms with Gasteiger partial charge in [0.2, 0.25) is 0 Å². The minimum absolute atomic E-state index is 0.0265. The highest BCUT2D eigenvalue weighted by Gasteiger charge is 2.57. The lowest BCUT2D eigenvalue weighted by Crippen LogP contribution is -2.50. The summed E-state index contributed by atoms with van der Waals surface area (Å²) < 4.78 is 67.7. The Morgan fingerprint density at radius 3 is 1.21 bits per heavy atom. The zero-order chi connectivity index (χ0) is 36.2. The number of halogens is 3. The minimum Gasteiger partial charge on any atom is -0.453 e. The maximum atomic E-state index is 15.9. The average Bonchev–Trinajstić information content (AvgIpc) is 3.09. The molecule has 0 unspecified atom stereocenters. The van der Waals surface area contributed by atoms with Gasteiger partial charge < -0.3 is 31.4 Å². The van der Waals surface area contributed by atoms with E-state index in [-0.39, 0.29) is 34.2 Å². The van der Waals surface area contributed by atoms with Crippen LogP contribution < -0.4 is 31.4 Å². The first-order chi connectivity index (χ1) is 25.5. The number of hydrogen-bond donors (Lipinski definition) is 3. The van der Waals surface area contributed by atoms with E-state index >= 15 is 13.2 Å².